The lowest BCUT2D eigenvalue weighted by Gasteiger charge is -2.02. The molecule has 0 spiro atoms. The Morgan fingerprint density at radius 3 is 2.52 bits per heavy atom. The lowest BCUT2D eigenvalue weighted by Crippen LogP contribution is -1.89. The molecule has 0 aliphatic heterocycles. The highest BCUT2D eigenvalue weighted by Gasteiger charge is 2.22. The van der Waals surface area contributed by atoms with E-state index in [9.17, 15) is 0 Å². The molecule has 0 fully saturated rings. The normalized spacial score (nSPS) is 11.3. The second-order valence-corrected chi connectivity index (χ2v) is 7.53. The van der Waals surface area contributed by atoms with Crippen LogP contribution in [0, 0.1) is 13.8 Å². The van der Waals surface area contributed by atoms with Crippen LogP contribution in [0.3, 0.4) is 0 Å². The number of aromatic nitrogens is 4. The summed E-state index contributed by atoms with van der Waals surface area (Å²) in [5.41, 5.74) is 5.68. The minimum Gasteiger partial charge on any atom is -0.415 e. The lowest BCUT2D eigenvalue weighted by molar-refractivity contribution is 0.581. The number of hydrogen-bond acceptors (Lipinski definition) is 5. The minimum atomic E-state index is 0.463. The fraction of sp³-hybridized carbons (Fsp3) is 0.0952. The van der Waals surface area contributed by atoms with Crippen molar-refractivity contribution in [3.05, 3.63) is 70.5 Å². The zero-order valence-electron chi connectivity index (χ0n) is 14.9. The van der Waals surface area contributed by atoms with Crippen LogP contribution in [0.2, 0.25) is 0 Å². The van der Waals surface area contributed by atoms with Gasteiger partial charge >= 0.3 is 0 Å². The van der Waals surface area contributed by atoms with Crippen LogP contribution >= 0.6 is 11.3 Å². The van der Waals surface area contributed by atoms with Crippen LogP contribution < -0.4 is 0 Å². The van der Waals surface area contributed by atoms with E-state index in [4.69, 9.17) is 9.40 Å². The van der Waals surface area contributed by atoms with Gasteiger partial charge in [0.1, 0.15) is 17.0 Å². The first-order valence-corrected chi connectivity index (χ1v) is 9.51. The molecule has 0 saturated carbocycles. The third kappa shape index (κ3) is 2.65. The zero-order chi connectivity index (χ0) is 18.4. The molecule has 0 amide bonds. The summed E-state index contributed by atoms with van der Waals surface area (Å²) >= 11 is 1.66. The molecule has 0 aliphatic carbocycles. The van der Waals surface area contributed by atoms with Crippen molar-refractivity contribution in [2.45, 2.75) is 13.8 Å². The van der Waals surface area contributed by atoms with Crippen LogP contribution in [-0.4, -0.2) is 19.6 Å². The van der Waals surface area contributed by atoms with Gasteiger partial charge in [-0.2, -0.15) is 0 Å². The van der Waals surface area contributed by atoms with Crippen LogP contribution in [0.4, 0.5) is 0 Å². The van der Waals surface area contributed by atoms with Crippen LogP contribution in [0.15, 0.2) is 64.5 Å². The smallest absolute Gasteiger partial charge is 0.267 e. The summed E-state index contributed by atoms with van der Waals surface area (Å²) in [6.07, 6.45) is 1.97. The zero-order valence-corrected chi connectivity index (χ0v) is 15.7. The molecule has 0 aliphatic rings. The SMILES string of the molecule is Cc1ccc(-c2nc3ccccn3c2-c2nnc(-c3ccsc3C)o2)cc1. The first-order chi connectivity index (χ1) is 13.2. The number of hydrogen-bond donors (Lipinski definition) is 0. The Morgan fingerprint density at radius 2 is 1.74 bits per heavy atom. The number of fused-ring (bicyclic) bond motifs is 1. The van der Waals surface area contributed by atoms with Gasteiger partial charge in [-0.15, -0.1) is 21.5 Å². The minimum absolute atomic E-state index is 0.463. The molecule has 0 bridgehead atoms. The van der Waals surface area contributed by atoms with Crippen molar-refractivity contribution in [1.82, 2.24) is 19.6 Å². The van der Waals surface area contributed by atoms with Gasteiger partial charge < -0.3 is 4.42 Å². The van der Waals surface area contributed by atoms with Crippen molar-refractivity contribution in [3.63, 3.8) is 0 Å². The van der Waals surface area contributed by atoms with Crippen molar-refractivity contribution in [2.75, 3.05) is 0 Å². The Bertz CT molecular complexity index is 1250. The van der Waals surface area contributed by atoms with Crippen LogP contribution in [-0.2, 0) is 0 Å². The third-order valence-electron chi connectivity index (χ3n) is 4.57. The number of benzene rings is 1. The number of imidazole rings is 1. The number of pyridine rings is 1. The lowest BCUT2D eigenvalue weighted by atomic mass is 10.1. The Balaban J connectivity index is 1.73. The Labute approximate surface area is 160 Å². The fourth-order valence-electron chi connectivity index (χ4n) is 3.15. The maximum Gasteiger partial charge on any atom is 0.267 e. The largest absolute Gasteiger partial charge is 0.415 e. The number of thiophene rings is 1. The molecule has 27 heavy (non-hydrogen) atoms. The Morgan fingerprint density at radius 1 is 0.926 bits per heavy atom. The van der Waals surface area contributed by atoms with E-state index in [-0.39, 0.29) is 0 Å². The highest BCUT2D eigenvalue weighted by atomic mass is 32.1. The van der Waals surface area contributed by atoms with E-state index in [1.54, 1.807) is 11.3 Å². The van der Waals surface area contributed by atoms with Gasteiger partial charge in [-0.1, -0.05) is 35.9 Å². The molecule has 0 radical (unpaired) electrons. The van der Waals surface area contributed by atoms with Crippen molar-refractivity contribution in [2.24, 2.45) is 0 Å². The summed E-state index contributed by atoms with van der Waals surface area (Å²) in [6, 6.07) is 16.2. The van der Waals surface area contributed by atoms with Crippen molar-refractivity contribution >= 4 is 17.0 Å². The van der Waals surface area contributed by atoms with Crippen LogP contribution in [0.25, 0.3) is 39.9 Å². The van der Waals surface area contributed by atoms with E-state index >= 15 is 0 Å². The van der Waals surface area contributed by atoms with Crippen molar-refractivity contribution < 1.29 is 4.42 Å². The third-order valence-corrected chi connectivity index (χ3v) is 5.42. The maximum absolute atomic E-state index is 6.07. The predicted octanol–water partition coefficient (Wildman–Crippen LogP) is 5.40. The average Bonchev–Trinajstić information content (AvgIpc) is 3.39. The molecule has 0 unspecified atom stereocenters. The van der Waals surface area contributed by atoms with E-state index in [0.29, 0.717) is 11.8 Å². The molecule has 132 valence electrons. The molecule has 5 rings (SSSR count). The molecule has 5 nitrogen and oxygen atoms in total. The van der Waals surface area contributed by atoms with Gasteiger partial charge in [0.15, 0.2) is 0 Å². The standard InChI is InChI=1S/C21H16N4OS/c1-13-6-8-15(9-7-13)18-19(25-11-4-3-5-17(25)22-18)21-24-23-20(26-21)16-10-12-27-14(16)2/h3-12H,1-2H3. The summed E-state index contributed by atoms with van der Waals surface area (Å²) in [5.74, 6) is 0.995. The van der Waals surface area contributed by atoms with Gasteiger partial charge in [0.25, 0.3) is 5.89 Å². The van der Waals surface area contributed by atoms with E-state index in [1.165, 1.54) is 5.56 Å². The van der Waals surface area contributed by atoms with E-state index in [0.717, 1.165) is 33.0 Å². The Kier molecular flexibility index (Phi) is 3.65. The van der Waals surface area contributed by atoms with Crippen LogP contribution in [0.1, 0.15) is 10.4 Å². The van der Waals surface area contributed by atoms with Crippen LogP contribution in [0.5, 0.6) is 0 Å². The molecule has 4 heterocycles. The molecule has 5 aromatic rings. The fourth-order valence-corrected chi connectivity index (χ4v) is 3.84. The number of aryl methyl sites for hydroxylation is 2. The molecular formula is C21H16N4OS. The number of nitrogens with zero attached hydrogens (tertiary/aromatic N) is 4. The average molecular weight is 372 g/mol. The van der Waals surface area contributed by atoms with E-state index in [1.807, 2.05) is 40.2 Å². The summed E-state index contributed by atoms with van der Waals surface area (Å²) < 4.78 is 8.06. The molecular weight excluding hydrogens is 356 g/mol. The van der Waals surface area contributed by atoms with Gasteiger partial charge in [-0.3, -0.25) is 4.40 Å². The van der Waals surface area contributed by atoms with Gasteiger partial charge in [0.2, 0.25) is 5.89 Å². The summed E-state index contributed by atoms with van der Waals surface area (Å²) in [4.78, 5) is 5.97. The van der Waals surface area contributed by atoms with Gasteiger partial charge in [0, 0.05) is 16.6 Å². The highest BCUT2D eigenvalue weighted by Crippen LogP contribution is 2.34. The Hall–Kier alpha value is -3.25. The van der Waals surface area contributed by atoms with E-state index in [2.05, 4.69) is 48.3 Å². The quantitative estimate of drug-likeness (QED) is 0.426. The van der Waals surface area contributed by atoms with Crippen molar-refractivity contribution in [1.29, 1.82) is 0 Å². The number of rotatable bonds is 3. The molecule has 1 aromatic carbocycles. The van der Waals surface area contributed by atoms with Crippen molar-refractivity contribution in [3.8, 4) is 34.3 Å². The predicted molar refractivity (Wildman–Crippen MR) is 107 cm³/mol. The maximum atomic E-state index is 6.07. The van der Waals surface area contributed by atoms with E-state index < -0.39 is 0 Å². The first-order valence-electron chi connectivity index (χ1n) is 8.63. The summed E-state index contributed by atoms with van der Waals surface area (Å²) in [6.45, 7) is 4.12. The molecule has 0 N–H and O–H groups in total. The summed E-state index contributed by atoms with van der Waals surface area (Å²) in [5, 5.41) is 10.6. The van der Waals surface area contributed by atoms with Gasteiger partial charge in [-0.05, 0) is 37.4 Å². The molecule has 0 atom stereocenters. The molecule has 0 saturated heterocycles. The molecule has 6 heteroatoms. The first kappa shape index (κ1) is 16.0. The summed E-state index contributed by atoms with van der Waals surface area (Å²) in [7, 11) is 0. The molecule has 4 aromatic heterocycles. The van der Waals surface area contributed by atoms with Gasteiger partial charge in [-0.25, -0.2) is 4.98 Å². The van der Waals surface area contributed by atoms with Gasteiger partial charge in [0.05, 0.1) is 5.56 Å². The second-order valence-electron chi connectivity index (χ2n) is 6.41. The topological polar surface area (TPSA) is 56.2 Å². The second kappa shape index (κ2) is 6.17. The monoisotopic (exact) mass is 372 g/mol. The highest BCUT2D eigenvalue weighted by molar-refractivity contribution is 7.10.